The summed E-state index contributed by atoms with van der Waals surface area (Å²) in [5.74, 6) is -0.423. The van der Waals surface area contributed by atoms with Gasteiger partial charge in [0.25, 0.3) is 11.6 Å². The normalized spacial score (nSPS) is 10.4. The van der Waals surface area contributed by atoms with Crippen molar-refractivity contribution in [1.82, 2.24) is 4.57 Å². The Balaban J connectivity index is 2.29. The van der Waals surface area contributed by atoms with E-state index in [2.05, 4.69) is 21.2 Å². The number of aryl methyl sites for hydroxylation is 1. The van der Waals surface area contributed by atoms with Gasteiger partial charge in [-0.1, -0.05) is 11.6 Å². The van der Waals surface area contributed by atoms with Gasteiger partial charge in [0.1, 0.15) is 5.69 Å². The van der Waals surface area contributed by atoms with Crippen LogP contribution < -0.4 is 5.32 Å². The van der Waals surface area contributed by atoms with Crippen LogP contribution in [-0.4, -0.2) is 15.4 Å². The number of nitro groups is 1. The molecule has 0 aliphatic heterocycles. The predicted octanol–water partition coefficient (Wildman–Crippen LogP) is 4.08. The number of aromatic nitrogens is 1. The van der Waals surface area contributed by atoms with E-state index in [1.54, 1.807) is 25.1 Å². The van der Waals surface area contributed by atoms with Crippen molar-refractivity contribution in [3.05, 3.63) is 55.8 Å². The lowest BCUT2D eigenvalue weighted by molar-refractivity contribution is -0.384. The molecule has 0 fully saturated rings. The van der Waals surface area contributed by atoms with Crippen molar-refractivity contribution >= 4 is 44.8 Å². The summed E-state index contributed by atoms with van der Waals surface area (Å²) >= 11 is 9.13. The first kappa shape index (κ1) is 15.5. The van der Waals surface area contributed by atoms with E-state index in [1.165, 1.54) is 16.8 Å². The van der Waals surface area contributed by atoms with Crippen LogP contribution in [0.25, 0.3) is 0 Å². The van der Waals surface area contributed by atoms with E-state index in [1.807, 2.05) is 0 Å². The molecule has 1 aromatic carbocycles. The first-order valence-corrected chi connectivity index (χ1v) is 7.20. The number of hydrogen-bond acceptors (Lipinski definition) is 3. The number of nitrogens with zero attached hydrogens (tertiary/aromatic N) is 2. The molecule has 0 saturated carbocycles. The minimum Gasteiger partial charge on any atom is -0.337 e. The Bertz CT molecular complexity index is 715. The third kappa shape index (κ3) is 3.43. The highest BCUT2D eigenvalue weighted by Crippen LogP contribution is 2.27. The van der Waals surface area contributed by atoms with Gasteiger partial charge in [0.15, 0.2) is 0 Å². The first-order valence-electron chi connectivity index (χ1n) is 6.03. The van der Waals surface area contributed by atoms with Gasteiger partial charge < -0.3 is 9.88 Å². The van der Waals surface area contributed by atoms with Crippen molar-refractivity contribution < 1.29 is 9.72 Å². The SMILES string of the molecule is CCn1cc([N+](=O)[O-])cc1C(=O)Nc1ccc(Cl)cc1Br. The van der Waals surface area contributed by atoms with Crippen LogP contribution in [0.1, 0.15) is 17.4 Å². The van der Waals surface area contributed by atoms with Gasteiger partial charge in [0.05, 0.1) is 16.8 Å². The van der Waals surface area contributed by atoms with Crippen LogP contribution in [0.5, 0.6) is 0 Å². The maximum absolute atomic E-state index is 12.3. The molecule has 0 spiro atoms. The van der Waals surface area contributed by atoms with Crippen LogP contribution >= 0.6 is 27.5 Å². The van der Waals surface area contributed by atoms with Gasteiger partial charge in [-0.3, -0.25) is 14.9 Å². The Morgan fingerprint density at radius 2 is 2.19 bits per heavy atom. The number of carbonyl (C=O) groups is 1. The molecule has 0 radical (unpaired) electrons. The van der Waals surface area contributed by atoms with Crippen LogP contribution in [0, 0.1) is 10.1 Å². The second-order valence-electron chi connectivity index (χ2n) is 4.20. The fourth-order valence-corrected chi connectivity index (χ4v) is 2.61. The number of benzene rings is 1. The molecule has 0 unspecified atom stereocenters. The lowest BCUT2D eigenvalue weighted by atomic mass is 10.3. The number of rotatable bonds is 4. The highest BCUT2D eigenvalue weighted by atomic mass is 79.9. The van der Waals surface area contributed by atoms with Crippen molar-refractivity contribution in [2.45, 2.75) is 13.5 Å². The number of anilines is 1. The third-order valence-electron chi connectivity index (χ3n) is 2.85. The maximum Gasteiger partial charge on any atom is 0.287 e. The topological polar surface area (TPSA) is 77.2 Å². The van der Waals surface area contributed by atoms with E-state index < -0.39 is 10.8 Å². The van der Waals surface area contributed by atoms with Gasteiger partial charge in [-0.2, -0.15) is 0 Å². The molecule has 21 heavy (non-hydrogen) atoms. The molecular weight excluding hydrogens is 362 g/mol. The van der Waals surface area contributed by atoms with Gasteiger partial charge in [-0.05, 0) is 41.1 Å². The second-order valence-corrected chi connectivity index (χ2v) is 5.50. The van der Waals surface area contributed by atoms with Crippen molar-refractivity contribution in [2.75, 3.05) is 5.32 Å². The van der Waals surface area contributed by atoms with Crippen LogP contribution in [0.15, 0.2) is 34.9 Å². The van der Waals surface area contributed by atoms with E-state index in [9.17, 15) is 14.9 Å². The number of hydrogen-bond donors (Lipinski definition) is 1. The number of carbonyl (C=O) groups excluding carboxylic acids is 1. The van der Waals surface area contributed by atoms with Gasteiger partial charge in [0.2, 0.25) is 0 Å². The number of halogens is 2. The van der Waals surface area contributed by atoms with Crippen molar-refractivity contribution in [3.8, 4) is 0 Å². The maximum atomic E-state index is 12.3. The zero-order valence-corrected chi connectivity index (χ0v) is 13.3. The van der Waals surface area contributed by atoms with Crippen LogP contribution in [-0.2, 0) is 6.54 Å². The molecular formula is C13H11BrClN3O3. The third-order valence-corrected chi connectivity index (χ3v) is 3.74. The van der Waals surface area contributed by atoms with E-state index in [-0.39, 0.29) is 11.4 Å². The van der Waals surface area contributed by atoms with Gasteiger partial charge in [-0.15, -0.1) is 0 Å². The number of amides is 1. The van der Waals surface area contributed by atoms with Gasteiger partial charge in [0, 0.05) is 22.1 Å². The molecule has 6 nitrogen and oxygen atoms in total. The Labute approximate surface area is 134 Å². The Hall–Kier alpha value is -1.86. The molecule has 1 aromatic heterocycles. The lowest BCUT2D eigenvalue weighted by Crippen LogP contribution is -2.16. The minimum absolute atomic E-state index is 0.114. The summed E-state index contributed by atoms with van der Waals surface area (Å²) in [5, 5.41) is 14.0. The zero-order valence-electron chi connectivity index (χ0n) is 11.0. The van der Waals surface area contributed by atoms with Gasteiger partial charge in [-0.25, -0.2) is 0 Å². The Morgan fingerprint density at radius 1 is 1.48 bits per heavy atom. The van der Waals surface area contributed by atoms with Crippen LogP contribution in [0.2, 0.25) is 5.02 Å². The standard InChI is InChI=1S/C13H11BrClN3O3/c1-2-17-7-9(18(20)21)6-12(17)13(19)16-11-4-3-8(15)5-10(11)14/h3-7H,2H2,1H3,(H,16,19). The largest absolute Gasteiger partial charge is 0.337 e. The lowest BCUT2D eigenvalue weighted by Gasteiger charge is -2.09. The van der Waals surface area contributed by atoms with E-state index in [4.69, 9.17) is 11.6 Å². The van der Waals surface area contributed by atoms with Crippen molar-refractivity contribution in [2.24, 2.45) is 0 Å². The monoisotopic (exact) mass is 371 g/mol. The predicted molar refractivity (Wildman–Crippen MR) is 83.9 cm³/mol. The molecule has 2 rings (SSSR count). The van der Waals surface area contributed by atoms with E-state index in [0.29, 0.717) is 21.7 Å². The summed E-state index contributed by atoms with van der Waals surface area (Å²) in [7, 11) is 0. The number of nitrogens with one attached hydrogen (secondary N) is 1. The smallest absolute Gasteiger partial charge is 0.287 e. The van der Waals surface area contributed by atoms with Gasteiger partial charge >= 0.3 is 0 Å². The molecule has 1 heterocycles. The molecule has 1 amide bonds. The highest BCUT2D eigenvalue weighted by molar-refractivity contribution is 9.10. The average molecular weight is 373 g/mol. The summed E-state index contributed by atoms with van der Waals surface area (Å²) in [6.45, 7) is 2.26. The molecule has 1 N–H and O–H groups in total. The fraction of sp³-hybridized carbons (Fsp3) is 0.154. The summed E-state index contributed by atoms with van der Waals surface area (Å²) < 4.78 is 2.16. The quantitative estimate of drug-likeness (QED) is 0.649. The van der Waals surface area contributed by atoms with Crippen LogP contribution in [0.4, 0.5) is 11.4 Å². The molecule has 0 saturated heterocycles. The van der Waals surface area contributed by atoms with E-state index in [0.717, 1.165) is 0 Å². The van der Waals surface area contributed by atoms with Crippen LogP contribution in [0.3, 0.4) is 0 Å². The highest BCUT2D eigenvalue weighted by Gasteiger charge is 2.19. The summed E-state index contributed by atoms with van der Waals surface area (Å²) in [6, 6.07) is 6.20. The summed E-state index contributed by atoms with van der Waals surface area (Å²) in [6.07, 6.45) is 1.34. The molecule has 2 aromatic rings. The molecule has 0 aliphatic rings. The summed E-state index contributed by atoms with van der Waals surface area (Å²) in [5.41, 5.74) is 0.652. The van der Waals surface area contributed by atoms with E-state index >= 15 is 0 Å². The molecule has 8 heteroatoms. The molecule has 110 valence electrons. The molecule has 0 aliphatic carbocycles. The minimum atomic E-state index is -0.527. The van der Waals surface area contributed by atoms with Crippen molar-refractivity contribution in [3.63, 3.8) is 0 Å². The molecule has 0 bridgehead atoms. The first-order chi connectivity index (χ1) is 9.92. The zero-order chi connectivity index (χ0) is 15.6. The Morgan fingerprint density at radius 3 is 2.76 bits per heavy atom. The molecule has 0 atom stereocenters. The summed E-state index contributed by atoms with van der Waals surface area (Å²) in [4.78, 5) is 22.5. The Kier molecular flexibility index (Phi) is 4.64. The van der Waals surface area contributed by atoms with Crippen molar-refractivity contribution in [1.29, 1.82) is 0 Å². The average Bonchev–Trinajstić information content (AvgIpc) is 2.86. The fourth-order valence-electron chi connectivity index (χ4n) is 1.82. The second kappa shape index (κ2) is 6.28.